The molecule has 4 rings (SSSR count). The summed E-state index contributed by atoms with van der Waals surface area (Å²) in [6.45, 7) is 14.6. The number of unbranched alkanes of at least 4 members (excludes halogenated alkanes) is 1. The number of imide groups is 1. The van der Waals surface area contributed by atoms with Gasteiger partial charge in [0.1, 0.15) is 6.10 Å². The summed E-state index contributed by atoms with van der Waals surface area (Å²) in [5.41, 5.74) is -0.908. The quantitative estimate of drug-likeness (QED) is 0.0894. The predicted molar refractivity (Wildman–Crippen MR) is 191 cm³/mol. The van der Waals surface area contributed by atoms with E-state index in [0.717, 1.165) is 31.6 Å². The molecule has 4 N–H and O–H groups in total. The van der Waals surface area contributed by atoms with Gasteiger partial charge in [0.05, 0.1) is 17.5 Å². The Hall–Kier alpha value is -3.33. The van der Waals surface area contributed by atoms with Gasteiger partial charge in [-0.05, 0) is 85.8 Å². The zero-order chi connectivity index (χ0) is 36.8. The zero-order valence-electron chi connectivity index (χ0n) is 30.6. The SMILES string of the molecule is CC1(C(=O)ON2C(=O)CCC2=O)C/C=C/C(OC(=O)NCCNC(=O)CCCCC2SCC3NC(=O)NC32)CCC1.CCN(C(C)C)C(C)C. The monoisotopic (exact) mass is 722 g/mol. The van der Waals surface area contributed by atoms with E-state index in [2.05, 4.69) is 60.8 Å². The lowest BCUT2D eigenvalue weighted by atomic mass is 9.80. The Labute approximate surface area is 300 Å². The molecular weight excluding hydrogens is 664 g/mol. The van der Waals surface area contributed by atoms with Crippen molar-refractivity contribution < 1.29 is 38.3 Å². The van der Waals surface area contributed by atoms with Gasteiger partial charge in [0.25, 0.3) is 11.8 Å². The molecule has 0 spiro atoms. The Balaban J connectivity index is 0.000000661. The summed E-state index contributed by atoms with van der Waals surface area (Å²) < 4.78 is 5.47. The van der Waals surface area contributed by atoms with Crippen molar-refractivity contribution >= 4 is 47.6 Å². The Kier molecular flexibility index (Phi) is 16.4. The number of thioether (sulfide) groups is 1. The minimum atomic E-state index is -0.908. The molecule has 0 aromatic heterocycles. The van der Waals surface area contributed by atoms with Crippen LogP contribution >= 0.6 is 11.8 Å². The van der Waals surface area contributed by atoms with Crippen LogP contribution in [-0.4, -0.2) is 107 Å². The summed E-state index contributed by atoms with van der Waals surface area (Å²) >= 11 is 1.86. The number of allylic oxidation sites excluding steroid dienone is 1. The van der Waals surface area contributed by atoms with Crippen molar-refractivity contribution in [1.82, 2.24) is 31.2 Å². The fraction of sp³-hybridized carbons (Fsp3) is 0.771. The van der Waals surface area contributed by atoms with Crippen LogP contribution in [-0.2, 0) is 28.8 Å². The van der Waals surface area contributed by atoms with E-state index in [4.69, 9.17) is 9.57 Å². The molecule has 0 aromatic carbocycles. The number of nitrogens with one attached hydrogen (secondary N) is 4. The average Bonchev–Trinajstić information content (AvgIpc) is 3.70. The smallest absolute Gasteiger partial charge is 0.407 e. The van der Waals surface area contributed by atoms with Gasteiger partial charge in [-0.2, -0.15) is 11.8 Å². The van der Waals surface area contributed by atoms with Crippen molar-refractivity contribution in [2.24, 2.45) is 5.41 Å². The van der Waals surface area contributed by atoms with E-state index in [1.54, 1.807) is 19.1 Å². The largest absolute Gasteiger partial charge is 0.442 e. The van der Waals surface area contributed by atoms with Gasteiger partial charge in [-0.3, -0.25) is 19.3 Å². The van der Waals surface area contributed by atoms with E-state index < -0.39 is 35.4 Å². The van der Waals surface area contributed by atoms with E-state index in [0.29, 0.717) is 54.5 Å². The average molecular weight is 723 g/mol. The zero-order valence-corrected chi connectivity index (χ0v) is 31.4. The maximum atomic E-state index is 12.7. The first-order chi connectivity index (χ1) is 23.7. The lowest BCUT2D eigenvalue weighted by molar-refractivity contribution is -0.205. The van der Waals surface area contributed by atoms with E-state index >= 15 is 0 Å². The molecule has 0 bridgehead atoms. The highest BCUT2D eigenvalue weighted by molar-refractivity contribution is 8.00. The summed E-state index contributed by atoms with van der Waals surface area (Å²) in [5, 5.41) is 12.3. The molecule has 3 fully saturated rings. The van der Waals surface area contributed by atoms with Gasteiger partial charge in [0, 0.05) is 55.4 Å². The van der Waals surface area contributed by atoms with E-state index in [-0.39, 0.29) is 50.0 Å². The van der Waals surface area contributed by atoms with Crippen molar-refractivity contribution in [2.45, 2.75) is 141 Å². The van der Waals surface area contributed by atoms with E-state index in [1.165, 1.54) is 0 Å². The van der Waals surface area contributed by atoms with Gasteiger partial charge in [-0.25, -0.2) is 14.4 Å². The van der Waals surface area contributed by atoms with Gasteiger partial charge in [0.15, 0.2) is 0 Å². The Morgan fingerprint density at radius 1 is 1.04 bits per heavy atom. The molecule has 4 aliphatic rings. The molecule has 6 amide bonds. The number of hydroxylamine groups is 2. The van der Waals surface area contributed by atoms with Crippen molar-refractivity contribution in [3.8, 4) is 0 Å². The normalized spacial score (nSPS) is 26.7. The summed E-state index contributed by atoms with van der Waals surface area (Å²) in [6, 6.07) is 1.67. The summed E-state index contributed by atoms with van der Waals surface area (Å²) in [7, 11) is 0. The number of hydrogen-bond acceptors (Lipinski definition) is 10. The number of fused-ring (bicyclic) bond motifs is 1. The highest BCUT2D eigenvalue weighted by Gasteiger charge is 2.43. The molecule has 3 heterocycles. The third-order valence-corrected chi connectivity index (χ3v) is 11.1. The first-order valence-corrected chi connectivity index (χ1v) is 19.2. The molecule has 3 saturated heterocycles. The number of alkyl carbamates (subject to hydrolysis) is 1. The number of amides is 6. The van der Waals surface area contributed by atoms with Crippen LogP contribution in [0, 0.1) is 5.41 Å². The van der Waals surface area contributed by atoms with Gasteiger partial charge in [0.2, 0.25) is 5.91 Å². The number of carbonyl (C=O) groups excluding carboxylic acids is 6. The number of carbonyl (C=O) groups is 6. The molecule has 50 heavy (non-hydrogen) atoms. The van der Waals surface area contributed by atoms with Gasteiger partial charge >= 0.3 is 18.1 Å². The van der Waals surface area contributed by atoms with Crippen LogP contribution in [0.25, 0.3) is 0 Å². The molecule has 14 nitrogen and oxygen atoms in total. The summed E-state index contributed by atoms with van der Waals surface area (Å²) in [5.74, 6) is -0.813. The van der Waals surface area contributed by atoms with Crippen LogP contribution in [0.5, 0.6) is 0 Å². The highest BCUT2D eigenvalue weighted by Crippen LogP contribution is 2.35. The molecule has 5 unspecified atom stereocenters. The second-order valence-electron chi connectivity index (χ2n) is 14.2. The number of hydrogen-bond donors (Lipinski definition) is 4. The fourth-order valence-corrected chi connectivity index (χ4v) is 8.28. The van der Waals surface area contributed by atoms with Gasteiger partial charge < -0.3 is 30.8 Å². The van der Waals surface area contributed by atoms with Crippen LogP contribution in [0.3, 0.4) is 0 Å². The maximum absolute atomic E-state index is 12.7. The summed E-state index contributed by atoms with van der Waals surface area (Å²) in [6.07, 6.45) is 7.33. The molecule has 282 valence electrons. The molecule has 0 saturated carbocycles. The van der Waals surface area contributed by atoms with Crippen molar-refractivity contribution in [3.05, 3.63) is 12.2 Å². The lowest BCUT2D eigenvalue weighted by Gasteiger charge is -2.29. The second-order valence-corrected chi connectivity index (χ2v) is 15.4. The van der Waals surface area contributed by atoms with Gasteiger partial charge in [-0.15, -0.1) is 5.06 Å². The maximum Gasteiger partial charge on any atom is 0.407 e. The molecule has 0 radical (unpaired) electrons. The van der Waals surface area contributed by atoms with Crippen LogP contribution < -0.4 is 21.3 Å². The highest BCUT2D eigenvalue weighted by atomic mass is 32.2. The Bertz CT molecular complexity index is 1210. The van der Waals surface area contributed by atoms with Crippen LogP contribution in [0.4, 0.5) is 9.59 Å². The van der Waals surface area contributed by atoms with Crippen LogP contribution in [0.2, 0.25) is 0 Å². The first kappa shape index (κ1) is 41.1. The standard InChI is InChI=1S/C27H39N5O8S.C8H19N/c1-27(24(36)40-32-21(34)10-11-22(32)35)12-4-6-17(7-5-13-27)39-26(38)29-15-14-28-20(33)9-3-2-8-19-23-18(16-41-19)30-25(37)31-23;1-6-9(7(2)3)8(4)5/h4,6,17-19,23H,2-3,5,7-16H2,1H3,(H,28,33)(H,29,38)(H2,30,31,37);7-8H,6H2,1-5H3/b6-4+;. The Morgan fingerprint density at radius 2 is 1.72 bits per heavy atom. The van der Waals surface area contributed by atoms with Crippen LogP contribution in [0.1, 0.15) is 106 Å². The minimum absolute atomic E-state index is 0.0403. The van der Waals surface area contributed by atoms with Crippen LogP contribution in [0.15, 0.2) is 12.2 Å². The van der Waals surface area contributed by atoms with Crippen molar-refractivity contribution in [3.63, 3.8) is 0 Å². The van der Waals surface area contributed by atoms with Crippen molar-refractivity contribution in [1.29, 1.82) is 0 Å². The summed E-state index contributed by atoms with van der Waals surface area (Å²) in [4.78, 5) is 79.6. The minimum Gasteiger partial charge on any atom is -0.442 e. The number of ether oxygens (including phenoxy) is 1. The lowest BCUT2D eigenvalue weighted by Crippen LogP contribution is -2.39. The van der Waals surface area contributed by atoms with E-state index in [1.807, 2.05) is 11.8 Å². The molecule has 1 aliphatic carbocycles. The fourth-order valence-electron chi connectivity index (χ4n) is 6.74. The molecular formula is C35H58N6O8S. The number of nitrogens with zero attached hydrogens (tertiary/aromatic N) is 2. The molecule has 0 aromatic rings. The topological polar surface area (TPSA) is 175 Å². The predicted octanol–water partition coefficient (Wildman–Crippen LogP) is 3.79. The third-order valence-electron chi connectivity index (χ3n) is 9.56. The third kappa shape index (κ3) is 12.5. The van der Waals surface area contributed by atoms with Gasteiger partial charge in [-0.1, -0.05) is 19.4 Å². The molecule has 3 aliphatic heterocycles. The number of urea groups is 1. The molecule has 15 heteroatoms. The second kappa shape index (κ2) is 19.9. The number of rotatable bonds is 14. The van der Waals surface area contributed by atoms with E-state index in [9.17, 15) is 28.8 Å². The Morgan fingerprint density at radius 3 is 2.36 bits per heavy atom. The first-order valence-electron chi connectivity index (χ1n) is 18.1. The van der Waals surface area contributed by atoms with Crippen molar-refractivity contribution in [2.75, 3.05) is 25.4 Å². The molecule has 5 atom stereocenters.